The molecular weight excluding hydrogens is 434 g/mol. The Labute approximate surface area is 200 Å². The van der Waals surface area contributed by atoms with E-state index in [4.69, 9.17) is 16.3 Å². The molecule has 0 fully saturated rings. The van der Waals surface area contributed by atoms with Crippen LogP contribution in [0.2, 0.25) is 5.02 Å². The quantitative estimate of drug-likeness (QED) is 0.538. The maximum absolute atomic E-state index is 13.1. The summed E-state index contributed by atoms with van der Waals surface area (Å²) in [5.41, 5.74) is 5.52. The van der Waals surface area contributed by atoms with Gasteiger partial charge < -0.3 is 15.0 Å². The first-order valence-electron chi connectivity index (χ1n) is 11.2. The maximum Gasteiger partial charge on any atom is 0.255 e. The van der Waals surface area contributed by atoms with Gasteiger partial charge >= 0.3 is 0 Å². The Morgan fingerprint density at radius 3 is 2.52 bits per heavy atom. The summed E-state index contributed by atoms with van der Waals surface area (Å²) in [4.78, 5) is 17.6. The van der Waals surface area contributed by atoms with Gasteiger partial charge in [-0.15, -0.1) is 0 Å². The van der Waals surface area contributed by atoms with E-state index < -0.39 is 0 Å². The van der Waals surface area contributed by atoms with Gasteiger partial charge in [0, 0.05) is 44.4 Å². The maximum atomic E-state index is 13.1. The molecule has 1 heterocycles. The molecule has 172 valence electrons. The molecule has 0 spiro atoms. The lowest BCUT2D eigenvalue weighted by Gasteiger charge is -2.36. The molecule has 0 saturated heterocycles. The van der Waals surface area contributed by atoms with Crippen LogP contribution in [0.15, 0.2) is 66.7 Å². The molecule has 0 aromatic heterocycles. The number of carbonyl (C=O) groups excluding carboxylic acids is 1. The second-order valence-electron chi connectivity index (χ2n) is 8.55. The van der Waals surface area contributed by atoms with Crippen LogP contribution in [-0.4, -0.2) is 45.1 Å². The Bertz CT molecular complexity index is 1110. The molecule has 1 amide bonds. The number of benzene rings is 3. The summed E-state index contributed by atoms with van der Waals surface area (Å²) < 4.78 is 5.37. The van der Waals surface area contributed by atoms with Crippen molar-refractivity contribution < 1.29 is 9.53 Å². The van der Waals surface area contributed by atoms with Crippen LogP contribution in [0.25, 0.3) is 0 Å². The van der Waals surface area contributed by atoms with Crippen molar-refractivity contribution in [1.82, 2.24) is 10.2 Å². The summed E-state index contributed by atoms with van der Waals surface area (Å²) in [5.74, 6) is 0.317. The second kappa shape index (κ2) is 10.3. The lowest BCUT2D eigenvalue weighted by molar-refractivity contribution is 0.0924. The molecule has 1 atom stereocenters. The number of nitrogens with one attached hydrogen (secondary N) is 1. The number of ether oxygens (including phenoxy) is 1. The van der Waals surface area contributed by atoms with Crippen molar-refractivity contribution in [3.05, 3.63) is 94.0 Å². The van der Waals surface area contributed by atoms with Crippen LogP contribution in [0.3, 0.4) is 0 Å². The third-order valence-corrected chi connectivity index (χ3v) is 6.49. The summed E-state index contributed by atoms with van der Waals surface area (Å²) in [6.07, 6.45) is 0.999. The molecule has 33 heavy (non-hydrogen) atoms. The zero-order chi connectivity index (χ0) is 23.4. The van der Waals surface area contributed by atoms with Crippen LogP contribution in [0, 0.1) is 0 Å². The van der Waals surface area contributed by atoms with E-state index in [0.29, 0.717) is 22.9 Å². The predicted octanol–water partition coefficient (Wildman–Crippen LogP) is 4.94. The third kappa shape index (κ3) is 5.32. The van der Waals surface area contributed by atoms with E-state index in [1.807, 2.05) is 14.1 Å². The largest absolute Gasteiger partial charge is 0.496 e. The average Bonchev–Trinajstić information content (AvgIpc) is 2.84. The number of methoxy groups -OCH3 is 1. The molecule has 3 aromatic carbocycles. The zero-order valence-corrected chi connectivity index (χ0v) is 20.1. The monoisotopic (exact) mass is 463 g/mol. The standard InChI is InChI=1S/C27H30ClN3O2/c1-30(2)23-11-8-20(9-12-23)25(31-15-14-19-6-4-5-7-21(19)18-31)17-29-27(32)24-16-22(28)10-13-26(24)33-3/h4-13,16,25H,14-15,17-18H2,1-3H3,(H,29,32). The molecule has 0 radical (unpaired) electrons. The second-order valence-corrected chi connectivity index (χ2v) is 8.98. The third-order valence-electron chi connectivity index (χ3n) is 6.26. The number of anilines is 1. The first-order chi connectivity index (χ1) is 16.0. The highest BCUT2D eigenvalue weighted by Crippen LogP contribution is 2.29. The lowest BCUT2D eigenvalue weighted by atomic mass is 9.96. The van der Waals surface area contributed by atoms with Gasteiger partial charge in [-0.3, -0.25) is 9.69 Å². The number of amides is 1. The van der Waals surface area contributed by atoms with Crippen LogP contribution in [0.1, 0.15) is 33.1 Å². The summed E-state index contributed by atoms with van der Waals surface area (Å²) in [7, 11) is 5.62. The van der Waals surface area contributed by atoms with Crippen LogP contribution < -0.4 is 15.0 Å². The topological polar surface area (TPSA) is 44.8 Å². The number of fused-ring (bicyclic) bond motifs is 1. The first-order valence-corrected chi connectivity index (χ1v) is 11.5. The van der Waals surface area contributed by atoms with Crippen molar-refractivity contribution >= 4 is 23.2 Å². The van der Waals surface area contributed by atoms with Crippen LogP contribution in [0.4, 0.5) is 5.69 Å². The number of hydrogen-bond acceptors (Lipinski definition) is 4. The number of rotatable bonds is 7. The van der Waals surface area contributed by atoms with Gasteiger partial charge in [-0.2, -0.15) is 0 Å². The number of carbonyl (C=O) groups is 1. The first kappa shape index (κ1) is 23.1. The fraction of sp³-hybridized carbons (Fsp3) is 0.296. The molecule has 5 nitrogen and oxygen atoms in total. The molecule has 1 N–H and O–H groups in total. The molecule has 3 aromatic rings. The van der Waals surface area contributed by atoms with Gasteiger partial charge in [-0.1, -0.05) is 48.0 Å². The minimum absolute atomic E-state index is 0.0451. The molecule has 0 aliphatic carbocycles. The molecular formula is C27H30ClN3O2. The molecule has 1 aliphatic heterocycles. The van der Waals surface area contributed by atoms with E-state index in [-0.39, 0.29) is 11.9 Å². The number of halogens is 1. The highest BCUT2D eigenvalue weighted by atomic mass is 35.5. The van der Waals surface area contributed by atoms with Gasteiger partial charge in [0.15, 0.2) is 0 Å². The normalized spacial score (nSPS) is 14.3. The summed E-state index contributed by atoms with van der Waals surface area (Å²) in [6.45, 7) is 2.28. The van der Waals surface area contributed by atoms with Gasteiger partial charge in [0.1, 0.15) is 5.75 Å². The van der Waals surface area contributed by atoms with Crippen LogP contribution in [-0.2, 0) is 13.0 Å². The van der Waals surface area contributed by atoms with E-state index in [9.17, 15) is 4.79 Å². The molecule has 0 bridgehead atoms. The van der Waals surface area contributed by atoms with E-state index >= 15 is 0 Å². The van der Waals surface area contributed by atoms with Gasteiger partial charge in [0.2, 0.25) is 0 Å². The van der Waals surface area contributed by atoms with Crippen molar-refractivity contribution in [2.45, 2.75) is 19.0 Å². The number of hydrogen-bond donors (Lipinski definition) is 1. The summed E-state index contributed by atoms with van der Waals surface area (Å²) >= 11 is 6.14. The predicted molar refractivity (Wildman–Crippen MR) is 134 cm³/mol. The van der Waals surface area contributed by atoms with Crippen molar-refractivity contribution in [3.63, 3.8) is 0 Å². The average molecular weight is 464 g/mol. The lowest BCUT2D eigenvalue weighted by Crippen LogP contribution is -2.40. The van der Waals surface area contributed by atoms with E-state index in [1.54, 1.807) is 25.3 Å². The van der Waals surface area contributed by atoms with Crippen molar-refractivity contribution in [2.24, 2.45) is 0 Å². The molecule has 6 heteroatoms. The van der Waals surface area contributed by atoms with Crippen molar-refractivity contribution in [2.75, 3.05) is 39.2 Å². The van der Waals surface area contributed by atoms with Gasteiger partial charge in [0.25, 0.3) is 5.91 Å². The minimum atomic E-state index is -0.193. The SMILES string of the molecule is COc1ccc(Cl)cc1C(=O)NCC(c1ccc(N(C)C)cc1)N1CCc2ccccc2C1. The van der Waals surface area contributed by atoms with Crippen molar-refractivity contribution in [3.8, 4) is 5.75 Å². The summed E-state index contributed by atoms with van der Waals surface area (Å²) in [6, 6.07) is 22.3. The van der Waals surface area contributed by atoms with E-state index in [1.165, 1.54) is 16.7 Å². The Morgan fingerprint density at radius 2 is 1.82 bits per heavy atom. The fourth-order valence-corrected chi connectivity index (χ4v) is 4.55. The van der Waals surface area contributed by atoms with Gasteiger partial charge in [-0.25, -0.2) is 0 Å². The Kier molecular flexibility index (Phi) is 7.21. The number of nitrogens with zero attached hydrogens (tertiary/aromatic N) is 2. The van der Waals surface area contributed by atoms with Gasteiger partial charge in [0.05, 0.1) is 18.7 Å². The van der Waals surface area contributed by atoms with Crippen LogP contribution >= 0.6 is 11.6 Å². The molecule has 0 saturated carbocycles. The molecule has 1 aliphatic rings. The highest BCUT2D eigenvalue weighted by Gasteiger charge is 2.26. The Morgan fingerprint density at radius 1 is 1.09 bits per heavy atom. The van der Waals surface area contributed by atoms with Crippen molar-refractivity contribution in [1.29, 1.82) is 0 Å². The van der Waals surface area contributed by atoms with Gasteiger partial charge in [-0.05, 0) is 53.4 Å². The Hall–Kier alpha value is -3.02. The van der Waals surface area contributed by atoms with E-state index in [2.05, 4.69) is 63.6 Å². The van der Waals surface area contributed by atoms with E-state index in [0.717, 1.165) is 25.2 Å². The minimum Gasteiger partial charge on any atom is -0.496 e. The smallest absolute Gasteiger partial charge is 0.255 e. The summed E-state index contributed by atoms with van der Waals surface area (Å²) in [5, 5.41) is 3.63. The molecule has 4 rings (SSSR count). The molecule has 1 unspecified atom stereocenters. The Balaban J connectivity index is 1.58. The van der Waals surface area contributed by atoms with Crippen LogP contribution in [0.5, 0.6) is 5.75 Å². The zero-order valence-electron chi connectivity index (χ0n) is 19.3. The highest BCUT2D eigenvalue weighted by molar-refractivity contribution is 6.31. The fourth-order valence-electron chi connectivity index (χ4n) is 4.38.